The highest BCUT2D eigenvalue weighted by atomic mass is 32.2. The van der Waals surface area contributed by atoms with E-state index in [0.717, 1.165) is 12.0 Å². The van der Waals surface area contributed by atoms with Crippen LogP contribution < -0.4 is 0 Å². The predicted molar refractivity (Wildman–Crippen MR) is 68.2 cm³/mol. The Morgan fingerprint density at radius 1 is 1.39 bits per heavy atom. The van der Waals surface area contributed by atoms with Crippen molar-refractivity contribution in [3.8, 4) is 0 Å². The van der Waals surface area contributed by atoms with E-state index in [-0.39, 0.29) is 6.10 Å². The first-order valence-corrected chi connectivity index (χ1v) is 7.55. The summed E-state index contributed by atoms with van der Waals surface area (Å²) in [6.07, 6.45) is 3.07. The highest BCUT2D eigenvalue weighted by Gasteiger charge is 2.59. The summed E-state index contributed by atoms with van der Waals surface area (Å²) >= 11 is 0. The van der Waals surface area contributed by atoms with Gasteiger partial charge in [-0.1, -0.05) is 17.7 Å². The van der Waals surface area contributed by atoms with Gasteiger partial charge in [0, 0.05) is 5.56 Å². The summed E-state index contributed by atoms with van der Waals surface area (Å²) in [5.41, 5.74) is 1.71. The highest BCUT2D eigenvalue weighted by Crippen LogP contribution is 2.56. The normalized spacial score (nSPS) is 30.5. The molecule has 4 heteroatoms. The first-order chi connectivity index (χ1) is 8.37. The van der Waals surface area contributed by atoms with Gasteiger partial charge in [0.15, 0.2) is 0 Å². The molecule has 3 rings (SSSR count). The first-order valence-electron chi connectivity index (χ1n) is 6.07. The maximum Gasteiger partial charge on any atom is 0.207 e. The SMILES string of the molecule is CC(C)=CCC1OC1(C)c1c2cccc1S2(=O)=O. The van der Waals surface area contributed by atoms with Crippen LogP contribution in [-0.2, 0) is 20.2 Å². The van der Waals surface area contributed by atoms with Crippen LogP contribution in [0.25, 0.3) is 0 Å². The fraction of sp³-hybridized carbons (Fsp3) is 0.429. The number of sulfone groups is 1. The van der Waals surface area contributed by atoms with Gasteiger partial charge in [-0.2, -0.15) is 0 Å². The van der Waals surface area contributed by atoms with Crippen molar-refractivity contribution in [2.24, 2.45) is 0 Å². The molecule has 1 fully saturated rings. The molecule has 0 spiro atoms. The molecule has 2 heterocycles. The fourth-order valence-corrected chi connectivity index (χ4v) is 4.38. The van der Waals surface area contributed by atoms with E-state index in [2.05, 4.69) is 19.9 Å². The molecule has 2 atom stereocenters. The van der Waals surface area contributed by atoms with Gasteiger partial charge in [-0.15, -0.1) is 0 Å². The molecule has 0 aliphatic carbocycles. The minimum absolute atomic E-state index is 0.0998. The van der Waals surface area contributed by atoms with Crippen LogP contribution in [-0.4, -0.2) is 14.5 Å². The number of fused-ring (bicyclic) bond motifs is 2. The zero-order chi connectivity index (χ0) is 13.1. The summed E-state index contributed by atoms with van der Waals surface area (Å²) in [5, 5.41) is 0. The molecule has 18 heavy (non-hydrogen) atoms. The summed E-state index contributed by atoms with van der Waals surface area (Å²) in [5.74, 6) is 0. The topological polar surface area (TPSA) is 46.7 Å². The molecule has 1 aromatic carbocycles. The summed E-state index contributed by atoms with van der Waals surface area (Å²) in [6, 6.07) is 5.12. The van der Waals surface area contributed by atoms with Crippen LogP contribution in [0.5, 0.6) is 0 Å². The second-order valence-electron chi connectivity index (χ2n) is 5.36. The van der Waals surface area contributed by atoms with Crippen molar-refractivity contribution in [3.63, 3.8) is 0 Å². The molecular weight excluding hydrogens is 248 g/mol. The van der Waals surface area contributed by atoms with Crippen LogP contribution in [0.4, 0.5) is 0 Å². The molecule has 2 bridgehead atoms. The van der Waals surface area contributed by atoms with Crippen LogP contribution >= 0.6 is 0 Å². The van der Waals surface area contributed by atoms with Crippen LogP contribution in [0, 0.1) is 0 Å². The minimum Gasteiger partial charge on any atom is -0.361 e. The number of epoxide rings is 1. The van der Waals surface area contributed by atoms with Crippen LogP contribution in [0.2, 0.25) is 0 Å². The van der Waals surface area contributed by atoms with E-state index < -0.39 is 15.4 Å². The van der Waals surface area contributed by atoms with Crippen molar-refractivity contribution in [2.75, 3.05) is 0 Å². The van der Waals surface area contributed by atoms with Crippen LogP contribution in [0.15, 0.2) is 39.6 Å². The average molecular weight is 264 g/mol. The second kappa shape index (κ2) is 3.45. The number of ether oxygens (including phenoxy) is 1. The Bertz CT molecular complexity index is 625. The van der Waals surface area contributed by atoms with E-state index in [1.54, 1.807) is 18.2 Å². The molecule has 2 aliphatic rings. The van der Waals surface area contributed by atoms with Crippen LogP contribution in [0.3, 0.4) is 0 Å². The van der Waals surface area contributed by atoms with Gasteiger partial charge < -0.3 is 4.74 Å². The van der Waals surface area contributed by atoms with E-state index in [4.69, 9.17) is 4.74 Å². The summed E-state index contributed by atoms with van der Waals surface area (Å²) in [7, 11) is -3.15. The first kappa shape index (κ1) is 11.9. The van der Waals surface area contributed by atoms with Gasteiger partial charge in [-0.3, -0.25) is 0 Å². The fourth-order valence-electron chi connectivity index (χ4n) is 2.62. The summed E-state index contributed by atoms with van der Waals surface area (Å²) < 4.78 is 29.4. The molecule has 1 aromatic rings. The zero-order valence-electron chi connectivity index (χ0n) is 10.7. The molecule has 3 nitrogen and oxygen atoms in total. The summed E-state index contributed by atoms with van der Waals surface area (Å²) in [6.45, 7) is 6.08. The monoisotopic (exact) mass is 264 g/mol. The van der Waals surface area contributed by atoms with Gasteiger partial charge in [0.05, 0.1) is 15.9 Å². The Kier molecular flexibility index (Phi) is 2.29. The zero-order valence-corrected chi connectivity index (χ0v) is 11.5. The molecule has 0 radical (unpaired) electrons. The Morgan fingerprint density at radius 2 is 2.00 bits per heavy atom. The molecule has 0 N–H and O–H groups in total. The van der Waals surface area contributed by atoms with Crippen molar-refractivity contribution < 1.29 is 13.2 Å². The van der Waals surface area contributed by atoms with E-state index in [9.17, 15) is 8.42 Å². The standard InChI is InChI=1S/C14H16O3S/c1-9(2)7-8-12-14(3,17-12)13-10-5-4-6-11(13)18(10,15)16/h4-7,12H,8H2,1-3H3. The predicted octanol–water partition coefficient (Wildman–Crippen LogP) is 2.80. The number of allylic oxidation sites excluding steroid dienone is 1. The maximum atomic E-state index is 11.8. The third-order valence-corrected chi connectivity index (χ3v) is 5.59. The maximum absolute atomic E-state index is 11.8. The number of hydrogen-bond acceptors (Lipinski definition) is 3. The molecule has 0 saturated carbocycles. The van der Waals surface area contributed by atoms with Crippen molar-refractivity contribution in [1.82, 2.24) is 0 Å². The molecule has 0 aromatic heterocycles. The van der Waals surface area contributed by atoms with Gasteiger partial charge in [0.1, 0.15) is 5.60 Å². The van der Waals surface area contributed by atoms with E-state index in [0.29, 0.717) is 9.79 Å². The lowest BCUT2D eigenvalue weighted by Gasteiger charge is -2.26. The van der Waals surface area contributed by atoms with Crippen molar-refractivity contribution in [3.05, 3.63) is 35.4 Å². The van der Waals surface area contributed by atoms with E-state index >= 15 is 0 Å². The smallest absolute Gasteiger partial charge is 0.207 e. The lowest BCUT2D eigenvalue weighted by molar-refractivity contribution is 0.304. The third kappa shape index (κ3) is 1.42. The third-order valence-electron chi connectivity index (χ3n) is 3.75. The number of benzene rings is 1. The highest BCUT2D eigenvalue weighted by molar-refractivity contribution is 7.92. The van der Waals surface area contributed by atoms with Gasteiger partial charge in [0.2, 0.25) is 9.84 Å². The van der Waals surface area contributed by atoms with Crippen molar-refractivity contribution >= 4 is 9.84 Å². The van der Waals surface area contributed by atoms with E-state index in [1.165, 1.54) is 5.57 Å². The largest absolute Gasteiger partial charge is 0.361 e. The molecule has 96 valence electrons. The van der Waals surface area contributed by atoms with Crippen molar-refractivity contribution in [1.29, 1.82) is 0 Å². The molecular formula is C14H16O3S. The quantitative estimate of drug-likeness (QED) is 0.632. The Morgan fingerprint density at radius 3 is 2.50 bits per heavy atom. The van der Waals surface area contributed by atoms with Crippen molar-refractivity contribution in [2.45, 2.75) is 48.7 Å². The number of hydrogen-bond donors (Lipinski definition) is 0. The minimum atomic E-state index is -3.15. The molecule has 2 unspecified atom stereocenters. The lowest BCUT2D eigenvalue weighted by Crippen LogP contribution is -2.26. The van der Waals surface area contributed by atoms with Gasteiger partial charge in [-0.05, 0) is 39.3 Å². The van der Waals surface area contributed by atoms with Gasteiger partial charge >= 0.3 is 0 Å². The lowest BCUT2D eigenvalue weighted by atomic mass is 9.94. The van der Waals surface area contributed by atoms with Gasteiger partial charge in [0.25, 0.3) is 0 Å². The van der Waals surface area contributed by atoms with Crippen LogP contribution in [0.1, 0.15) is 32.8 Å². The second-order valence-corrected chi connectivity index (χ2v) is 7.25. The number of rotatable bonds is 3. The Balaban J connectivity index is 1.91. The van der Waals surface area contributed by atoms with Gasteiger partial charge in [-0.25, -0.2) is 8.42 Å². The Hall–Kier alpha value is -1.13. The average Bonchev–Trinajstić information content (AvgIpc) is 2.98. The summed E-state index contributed by atoms with van der Waals surface area (Å²) in [4.78, 5) is 0.893. The molecule has 0 amide bonds. The molecule has 2 aliphatic heterocycles. The Labute approximate surface area is 107 Å². The molecule has 1 saturated heterocycles. The van der Waals surface area contributed by atoms with E-state index in [1.807, 2.05) is 6.92 Å².